The number of aromatic nitrogens is 1. The summed E-state index contributed by atoms with van der Waals surface area (Å²) in [6, 6.07) is 10.6. The van der Waals surface area contributed by atoms with Crippen molar-refractivity contribution in [3.05, 3.63) is 59.7 Å². The molecule has 2 aromatic rings. The van der Waals surface area contributed by atoms with Crippen molar-refractivity contribution in [3.63, 3.8) is 0 Å². The number of benzene rings is 1. The van der Waals surface area contributed by atoms with Crippen molar-refractivity contribution in [3.8, 4) is 0 Å². The van der Waals surface area contributed by atoms with Gasteiger partial charge in [0, 0.05) is 45.1 Å². The first kappa shape index (κ1) is 20.2. The molecule has 0 fully saturated rings. The van der Waals surface area contributed by atoms with E-state index >= 15 is 0 Å². The number of hydrogen-bond donors (Lipinski definition) is 0. The summed E-state index contributed by atoms with van der Waals surface area (Å²) in [5.74, 6) is 0.255. The summed E-state index contributed by atoms with van der Waals surface area (Å²) >= 11 is 0. The molecule has 0 aliphatic rings. The number of carbonyl (C=O) groups excluding carboxylic acids is 1. The van der Waals surface area contributed by atoms with Crippen molar-refractivity contribution in [1.82, 2.24) is 9.47 Å². The van der Waals surface area contributed by atoms with Crippen LogP contribution >= 0.6 is 0 Å². The van der Waals surface area contributed by atoms with Crippen molar-refractivity contribution < 1.29 is 13.9 Å². The fourth-order valence-corrected chi connectivity index (χ4v) is 2.94. The second kappa shape index (κ2) is 10.1. The molecule has 0 saturated heterocycles. The lowest BCUT2D eigenvalue weighted by atomic mass is 10.1. The van der Waals surface area contributed by atoms with Gasteiger partial charge >= 0.3 is 0 Å². The van der Waals surface area contributed by atoms with E-state index in [0.29, 0.717) is 38.6 Å². The zero-order valence-corrected chi connectivity index (χ0v) is 16.0. The molecule has 0 atom stereocenters. The summed E-state index contributed by atoms with van der Waals surface area (Å²) < 4.78 is 20.6. The predicted octanol–water partition coefficient (Wildman–Crippen LogP) is 4.09. The van der Waals surface area contributed by atoms with Crippen LogP contribution in [0.2, 0.25) is 0 Å². The van der Waals surface area contributed by atoms with Gasteiger partial charge in [-0.15, -0.1) is 0 Å². The maximum atomic E-state index is 13.4. The first-order chi connectivity index (χ1) is 12.5. The highest BCUT2D eigenvalue weighted by atomic mass is 19.1. The maximum Gasteiger partial charge on any atom is 0.223 e. The standard InChI is InChI=1S/C21H29FN2O2/c1-17(2)13-21(25)24(11-6-12-26-3)16-20-9-5-10-23(20)15-18-7-4-8-19(22)14-18/h4-5,7-10,14,17H,6,11-13,15-16H2,1-3H3. The number of ether oxygens (including phenoxy) is 1. The molecule has 2 rings (SSSR count). The summed E-state index contributed by atoms with van der Waals surface area (Å²) in [5, 5.41) is 0. The first-order valence-electron chi connectivity index (χ1n) is 9.14. The van der Waals surface area contributed by atoms with Crippen LogP contribution in [0.1, 0.15) is 37.9 Å². The molecule has 4 nitrogen and oxygen atoms in total. The second-order valence-corrected chi connectivity index (χ2v) is 7.02. The summed E-state index contributed by atoms with van der Waals surface area (Å²) in [5.41, 5.74) is 1.95. The molecule has 1 heterocycles. The van der Waals surface area contributed by atoms with Crippen LogP contribution < -0.4 is 0 Å². The second-order valence-electron chi connectivity index (χ2n) is 7.02. The Morgan fingerprint density at radius 2 is 2.08 bits per heavy atom. The number of rotatable bonds is 10. The van der Waals surface area contributed by atoms with Gasteiger partial charge in [-0.3, -0.25) is 4.79 Å². The van der Waals surface area contributed by atoms with Crippen LogP contribution in [0, 0.1) is 11.7 Å². The zero-order chi connectivity index (χ0) is 18.9. The molecule has 0 aliphatic carbocycles. The quantitative estimate of drug-likeness (QED) is 0.598. The van der Waals surface area contributed by atoms with Crippen LogP contribution in [0.3, 0.4) is 0 Å². The highest BCUT2D eigenvalue weighted by molar-refractivity contribution is 5.76. The van der Waals surface area contributed by atoms with Gasteiger partial charge in [0.05, 0.1) is 6.54 Å². The number of methoxy groups -OCH3 is 1. The molecule has 1 aromatic heterocycles. The maximum absolute atomic E-state index is 13.4. The normalized spacial score (nSPS) is 11.1. The number of hydrogen-bond acceptors (Lipinski definition) is 2. The van der Waals surface area contributed by atoms with Crippen molar-refractivity contribution in [2.45, 2.75) is 39.8 Å². The molecule has 1 aromatic carbocycles. The van der Waals surface area contributed by atoms with Crippen LogP contribution in [0.4, 0.5) is 4.39 Å². The Hall–Kier alpha value is -2.14. The average Bonchev–Trinajstić information content (AvgIpc) is 3.00. The van der Waals surface area contributed by atoms with E-state index in [1.54, 1.807) is 19.2 Å². The molecule has 0 bridgehead atoms. The minimum absolute atomic E-state index is 0.162. The molecule has 0 saturated carbocycles. The Morgan fingerprint density at radius 1 is 1.27 bits per heavy atom. The summed E-state index contributed by atoms with van der Waals surface area (Å²) in [6.07, 6.45) is 3.32. The van der Waals surface area contributed by atoms with E-state index in [9.17, 15) is 9.18 Å². The molecule has 26 heavy (non-hydrogen) atoms. The van der Waals surface area contributed by atoms with Crippen molar-refractivity contribution >= 4 is 5.91 Å². The monoisotopic (exact) mass is 360 g/mol. The molecule has 142 valence electrons. The lowest BCUT2D eigenvalue weighted by molar-refractivity contribution is -0.132. The van der Waals surface area contributed by atoms with Crippen molar-refractivity contribution in [1.29, 1.82) is 0 Å². The fourth-order valence-electron chi connectivity index (χ4n) is 2.94. The molecule has 1 amide bonds. The third-order valence-corrected chi connectivity index (χ3v) is 4.23. The predicted molar refractivity (Wildman–Crippen MR) is 101 cm³/mol. The van der Waals surface area contributed by atoms with E-state index in [0.717, 1.165) is 17.7 Å². The Morgan fingerprint density at radius 3 is 2.77 bits per heavy atom. The molecular formula is C21H29FN2O2. The minimum Gasteiger partial charge on any atom is -0.385 e. The van der Waals surface area contributed by atoms with Gasteiger partial charge in [-0.25, -0.2) is 4.39 Å². The number of nitrogens with zero attached hydrogens (tertiary/aromatic N) is 2. The van der Waals surface area contributed by atoms with E-state index in [-0.39, 0.29) is 11.7 Å². The lowest BCUT2D eigenvalue weighted by Crippen LogP contribution is -2.33. The smallest absolute Gasteiger partial charge is 0.223 e. The third-order valence-electron chi connectivity index (χ3n) is 4.23. The van der Waals surface area contributed by atoms with Gasteiger partial charge in [0.25, 0.3) is 0 Å². The molecule has 0 spiro atoms. The van der Waals surface area contributed by atoms with Gasteiger partial charge in [-0.1, -0.05) is 26.0 Å². The van der Waals surface area contributed by atoms with Crippen LogP contribution in [-0.2, 0) is 22.6 Å². The van der Waals surface area contributed by atoms with Crippen LogP contribution in [-0.4, -0.2) is 35.6 Å². The zero-order valence-electron chi connectivity index (χ0n) is 16.0. The SMILES string of the molecule is COCCCN(Cc1cccn1Cc1cccc(F)c1)C(=O)CC(C)C. The van der Waals surface area contributed by atoms with Gasteiger partial charge < -0.3 is 14.2 Å². The molecule has 0 aliphatic heterocycles. The van der Waals surface area contributed by atoms with Gasteiger partial charge in [0.15, 0.2) is 0 Å². The summed E-state index contributed by atoms with van der Waals surface area (Å²) in [6.45, 7) is 6.55. The Balaban J connectivity index is 2.09. The highest BCUT2D eigenvalue weighted by Crippen LogP contribution is 2.14. The Bertz CT molecular complexity index is 697. The molecule has 0 N–H and O–H groups in total. The van der Waals surface area contributed by atoms with Gasteiger partial charge in [0.2, 0.25) is 5.91 Å². The van der Waals surface area contributed by atoms with E-state index in [2.05, 4.69) is 18.4 Å². The third kappa shape index (κ3) is 6.30. The number of carbonyl (C=O) groups is 1. The Labute approximate surface area is 155 Å². The van der Waals surface area contributed by atoms with Gasteiger partial charge in [0.1, 0.15) is 5.82 Å². The largest absolute Gasteiger partial charge is 0.385 e. The molecule has 0 unspecified atom stereocenters. The van der Waals surface area contributed by atoms with E-state index in [1.807, 2.05) is 29.3 Å². The van der Waals surface area contributed by atoms with E-state index in [4.69, 9.17) is 4.74 Å². The molecular weight excluding hydrogens is 331 g/mol. The van der Waals surface area contributed by atoms with Crippen molar-refractivity contribution in [2.75, 3.05) is 20.3 Å². The van der Waals surface area contributed by atoms with E-state index in [1.165, 1.54) is 6.07 Å². The van der Waals surface area contributed by atoms with E-state index < -0.39 is 0 Å². The van der Waals surface area contributed by atoms with Crippen molar-refractivity contribution in [2.24, 2.45) is 5.92 Å². The number of halogens is 1. The Kier molecular flexibility index (Phi) is 7.85. The van der Waals surface area contributed by atoms with Gasteiger partial charge in [-0.2, -0.15) is 0 Å². The molecule has 5 heteroatoms. The number of amides is 1. The topological polar surface area (TPSA) is 34.5 Å². The van der Waals surface area contributed by atoms with Crippen LogP contribution in [0.5, 0.6) is 0 Å². The summed E-state index contributed by atoms with van der Waals surface area (Å²) in [7, 11) is 1.67. The fraction of sp³-hybridized carbons (Fsp3) is 0.476. The van der Waals surface area contributed by atoms with Gasteiger partial charge in [-0.05, 0) is 42.2 Å². The van der Waals surface area contributed by atoms with Crippen LogP contribution in [0.15, 0.2) is 42.6 Å². The first-order valence-corrected chi connectivity index (χ1v) is 9.14. The summed E-state index contributed by atoms with van der Waals surface area (Å²) in [4.78, 5) is 14.5. The lowest BCUT2D eigenvalue weighted by Gasteiger charge is -2.24. The van der Waals surface area contributed by atoms with Crippen LogP contribution in [0.25, 0.3) is 0 Å². The highest BCUT2D eigenvalue weighted by Gasteiger charge is 2.16. The minimum atomic E-state index is -0.232. The average molecular weight is 360 g/mol. The molecule has 0 radical (unpaired) electrons.